The van der Waals surface area contributed by atoms with Crippen LogP contribution in [0.2, 0.25) is 0 Å². The molecule has 0 heterocycles. The minimum Gasteiger partial charge on any atom is -0.0651 e. The van der Waals surface area contributed by atoms with E-state index in [1.807, 2.05) is 0 Å². The molecule has 0 radical (unpaired) electrons. The van der Waals surface area contributed by atoms with E-state index in [4.69, 9.17) is 0 Å². The van der Waals surface area contributed by atoms with E-state index in [0.29, 0.717) is 16.2 Å². The summed E-state index contributed by atoms with van der Waals surface area (Å²) in [6, 6.07) is 0. The molecule has 0 heteroatoms. The first-order chi connectivity index (χ1) is 11.4. The van der Waals surface area contributed by atoms with Crippen LogP contribution in [0, 0.1) is 45.8 Å². The molecule has 4 rings (SSSR count). The lowest BCUT2D eigenvalue weighted by Gasteiger charge is -2.65. The molecule has 0 aliphatic heterocycles. The molecule has 0 saturated heterocycles. The highest BCUT2D eigenvalue weighted by molar-refractivity contribution is 5.12. The predicted octanol–water partition coefficient (Wildman–Crippen LogP) is 7.47. The van der Waals surface area contributed by atoms with Crippen molar-refractivity contribution in [3.05, 3.63) is 0 Å². The fourth-order valence-electron chi connectivity index (χ4n) is 8.89. The van der Waals surface area contributed by atoms with Gasteiger partial charge in [0.2, 0.25) is 0 Å². The van der Waals surface area contributed by atoms with Crippen molar-refractivity contribution in [3.63, 3.8) is 0 Å². The molecule has 0 nitrogen and oxygen atoms in total. The van der Waals surface area contributed by atoms with Gasteiger partial charge in [0, 0.05) is 0 Å². The maximum atomic E-state index is 2.74. The summed E-state index contributed by atoms with van der Waals surface area (Å²) in [7, 11) is 0. The number of fused-ring (bicyclic) bond motifs is 5. The second-order valence-corrected chi connectivity index (χ2v) is 11.1. The van der Waals surface area contributed by atoms with Crippen LogP contribution in [-0.2, 0) is 0 Å². The van der Waals surface area contributed by atoms with E-state index in [2.05, 4.69) is 34.6 Å². The molecule has 0 aromatic rings. The Morgan fingerprint density at radius 2 is 1.54 bits per heavy atom. The van der Waals surface area contributed by atoms with Crippen molar-refractivity contribution < 1.29 is 0 Å². The molecule has 0 aromatic heterocycles. The van der Waals surface area contributed by atoms with Gasteiger partial charge in [-0.1, -0.05) is 47.5 Å². The van der Waals surface area contributed by atoms with Crippen LogP contribution in [0.4, 0.5) is 0 Å². The van der Waals surface area contributed by atoms with Crippen LogP contribution in [0.25, 0.3) is 0 Å². The van der Waals surface area contributed by atoms with Gasteiger partial charge in [0.05, 0.1) is 0 Å². The van der Waals surface area contributed by atoms with Crippen molar-refractivity contribution in [3.8, 4) is 0 Å². The Bertz CT molecular complexity index is 480. The van der Waals surface area contributed by atoms with E-state index in [-0.39, 0.29) is 0 Å². The minimum atomic E-state index is 0.642. The van der Waals surface area contributed by atoms with E-state index in [1.54, 1.807) is 25.7 Å². The van der Waals surface area contributed by atoms with Crippen LogP contribution in [0.5, 0.6) is 0 Å². The lowest BCUT2D eigenvalue weighted by atomic mass is 9.39. The highest BCUT2D eigenvalue weighted by atomic mass is 14.7. The molecule has 4 aliphatic carbocycles. The Kier molecular flexibility index (Phi) is 4.17. The van der Waals surface area contributed by atoms with Crippen LogP contribution < -0.4 is 0 Å². The van der Waals surface area contributed by atoms with Gasteiger partial charge in [-0.2, -0.15) is 0 Å². The van der Waals surface area contributed by atoms with Crippen LogP contribution in [0.1, 0.15) is 105 Å². The molecule has 4 saturated carbocycles. The first kappa shape index (κ1) is 17.4. The predicted molar refractivity (Wildman–Crippen MR) is 104 cm³/mol. The molecule has 8 unspecified atom stereocenters. The van der Waals surface area contributed by atoms with E-state index < -0.39 is 0 Å². The SMILES string of the molecule is CCC1CCC2(C)C3CCC4(C)C(CC)CCC4C3CCC2(C)C1. The maximum absolute atomic E-state index is 2.74. The molecule has 4 aliphatic rings. The zero-order chi connectivity index (χ0) is 17.2. The molecule has 138 valence electrons. The van der Waals surface area contributed by atoms with E-state index in [0.717, 1.165) is 29.6 Å². The standard InChI is InChI=1S/C24H42/c1-6-17-10-15-24(5)21-12-14-23(4)18(7-2)8-9-20(23)19(21)11-13-22(24,3)16-17/h17-21H,6-16H2,1-5H3. The normalized spacial score (nSPS) is 57.1. The summed E-state index contributed by atoms with van der Waals surface area (Å²) in [4.78, 5) is 0. The van der Waals surface area contributed by atoms with E-state index >= 15 is 0 Å². The molecule has 0 amide bonds. The van der Waals surface area contributed by atoms with Gasteiger partial charge in [-0.3, -0.25) is 0 Å². The molecule has 0 aromatic carbocycles. The van der Waals surface area contributed by atoms with Crippen LogP contribution >= 0.6 is 0 Å². The van der Waals surface area contributed by atoms with Crippen molar-refractivity contribution in [1.82, 2.24) is 0 Å². The molecule has 0 bridgehead atoms. The Morgan fingerprint density at radius 1 is 0.750 bits per heavy atom. The minimum absolute atomic E-state index is 0.642. The van der Waals surface area contributed by atoms with Gasteiger partial charge in [-0.15, -0.1) is 0 Å². The van der Waals surface area contributed by atoms with Gasteiger partial charge in [0.25, 0.3) is 0 Å². The summed E-state index contributed by atoms with van der Waals surface area (Å²) in [6.45, 7) is 13.0. The van der Waals surface area contributed by atoms with Crippen molar-refractivity contribution in [2.24, 2.45) is 45.8 Å². The summed E-state index contributed by atoms with van der Waals surface area (Å²) in [5, 5.41) is 0. The van der Waals surface area contributed by atoms with Gasteiger partial charge in [-0.05, 0) is 104 Å². The highest BCUT2D eigenvalue weighted by Gasteiger charge is 2.62. The fraction of sp³-hybridized carbons (Fsp3) is 1.00. The van der Waals surface area contributed by atoms with Crippen molar-refractivity contribution >= 4 is 0 Å². The Hall–Kier alpha value is 0. The second kappa shape index (κ2) is 5.75. The average molecular weight is 331 g/mol. The molecule has 24 heavy (non-hydrogen) atoms. The van der Waals surface area contributed by atoms with Crippen molar-refractivity contribution in [1.29, 1.82) is 0 Å². The number of hydrogen-bond acceptors (Lipinski definition) is 0. The maximum Gasteiger partial charge on any atom is -0.0241 e. The summed E-state index contributed by atoms with van der Waals surface area (Å²) < 4.78 is 0. The van der Waals surface area contributed by atoms with E-state index in [1.165, 1.54) is 44.9 Å². The molecule has 4 fully saturated rings. The highest BCUT2D eigenvalue weighted by Crippen LogP contribution is 2.71. The third-order valence-corrected chi connectivity index (χ3v) is 10.7. The molecule has 0 N–H and O–H groups in total. The van der Waals surface area contributed by atoms with Gasteiger partial charge < -0.3 is 0 Å². The van der Waals surface area contributed by atoms with Crippen molar-refractivity contribution in [2.75, 3.05) is 0 Å². The van der Waals surface area contributed by atoms with Crippen LogP contribution in [0.15, 0.2) is 0 Å². The molecular weight excluding hydrogens is 288 g/mol. The first-order valence-electron chi connectivity index (χ1n) is 11.4. The smallest absolute Gasteiger partial charge is 0.0241 e. The lowest BCUT2D eigenvalue weighted by molar-refractivity contribution is -0.161. The summed E-state index contributed by atoms with van der Waals surface area (Å²) in [6.07, 6.45) is 16.7. The molecule has 0 spiro atoms. The Labute approximate surface area is 151 Å². The largest absolute Gasteiger partial charge is 0.0651 e. The van der Waals surface area contributed by atoms with Crippen LogP contribution in [-0.4, -0.2) is 0 Å². The topological polar surface area (TPSA) is 0 Å². The zero-order valence-corrected chi connectivity index (χ0v) is 17.2. The summed E-state index contributed by atoms with van der Waals surface area (Å²) in [5.41, 5.74) is 1.98. The quantitative estimate of drug-likeness (QED) is 0.492. The van der Waals surface area contributed by atoms with Gasteiger partial charge in [0.15, 0.2) is 0 Å². The lowest BCUT2D eigenvalue weighted by Crippen LogP contribution is -2.57. The molecular formula is C24H42. The monoisotopic (exact) mass is 330 g/mol. The van der Waals surface area contributed by atoms with Gasteiger partial charge in [0.1, 0.15) is 0 Å². The van der Waals surface area contributed by atoms with Crippen LogP contribution in [0.3, 0.4) is 0 Å². The summed E-state index contributed by atoms with van der Waals surface area (Å²) >= 11 is 0. The second-order valence-electron chi connectivity index (χ2n) is 11.1. The fourth-order valence-corrected chi connectivity index (χ4v) is 8.89. The average Bonchev–Trinajstić information content (AvgIpc) is 2.91. The molecule has 8 atom stereocenters. The van der Waals surface area contributed by atoms with Gasteiger partial charge in [-0.25, -0.2) is 0 Å². The Morgan fingerprint density at radius 3 is 2.25 bits per heavy atom. The third kappa shape index (κ3) is 2.16. The number of rotatable bonds is 2. The van der Waals surface area contributed by atoms with Crippen molar-refractivity contribution in [2.45, 2.75) is 105 Å². The first-order valence-corrected chi connectivity index (χ1v) is 11.4. The zero-order valence-electron chi connectivity index (χ0n) is 17.2. The van der Waals surface area contributed by atoms with Gasteiger partial charge >= 0.3 is 0 Å². The number of hydrogen-bond donors (Lipinski definition) is 0. The van der Waals surface area contributed by atoms with E-state index in [9.17, 15) is 0 Å². The summed E-state index contributed by atoms with van der Waals surface area (Å²) in [5.74, 6) is 5.22. The Balaban J connectivity index is 1.62. The third-order valence-electron chi connectivity index (χ3n) is 10.7.